The maximum atomic E-state index is 12.7. The molecule has 0 bridgehead atoms. The Morgan fingerprint density at radius 1 is 1.29 bits per heavy atom. The van der Waals surface area contributed by atoms with E-state index in [0.29, 0.717) is 19.4 Å². The Balaban J connectivity index is 2.77. The number of nitrogens with zero attached hydrogens (tertiary/aromatic N) is 1. The standard InChI is InChI=1S/C18H29NO5/c1-5-13(9-10-16(21)22)12-15(20)14-8-6-7-11-19(14)17(23)24-18(2,3)4/h9-10,13-14H,5-8,11-12H2,1-4H3,(H,21,22)/b10-9+/t13-,14-/m0/s1. The topological polar surface area (TPSA) is 83.9 Å². The first kappa shape index (κ1) is 20.2. The quantitative estimate of drug-likeness (QED) is 0.750. The van der Waals surface area contributed by atoms with Crippen molar-refractivity contribution in [2.24, 2.45) is 5.92 Å². The number of likely N-dealkylation sites (tertiary alicyclic amines) is 1. The summed E-state index contributed by atoms with van der Waals surface area (Å²) < 4.78 is 5.41. The molecule has 1 aliphatic heterocycles. The lowest BCUT2D eigenvalue weighted by molar-refractivity contribution is -0.131. The molecule has 1 rings (SSSR count). The van der Waals surface area contributed by atoms with Gasteiger partial charge in [-0.25, -0.2) is 9.59 Å². The summed E-state index contributed by atoms with van der Waals surface area (Å²) in [5, 5.41) is 8.72. The highest BCUT2D eigenvalue weighted by molar-refractivity contribution is 5.88. The number of amides is 1. The number of Topliss-reactive ketones (excluding diaryl/α,β-unsaturated/α-hetero) is 1. The van der Waals surface area contributed by atoms with Gasteiger partial charge in [0.1, 0.15) is 5.60 Å². The van der Waals surface area contributed by atoms with Crippen molar-refractivity contribution in [3.63, 3.8) is 0 Å². The summed E-state index contributed by atoms with van der Waals surface area (Å²) in [6.07, 6.45) is 5.50. The number of ether oxygens (including phenoxy) is 1. The number of carboxylic acid groups (broad SMARTS) is 1. The monoisotopic (exact) mass is 339 g/mol. The second-order valence-electron chi connectivity index (χ2n) is 7.22. The fourth-order valence-electron chi connectivity index (χ4n) is 2.77. The summed E-state index contributed by atoms with van der Waals surface area (Å²) in [5.41, 5.74) is -0.599. The Bertz CT molecular complexity index is 492. The van der Waals surface area contributed by atoms with Gasteiger partial charge < -0.3 is 9.84 Å². The average molecular weight is 339 g/mol. The van der Waals surface area contributed by atoms with E-state index in [1.54, 1.807) is 26.8 Å². The van der Waals surface area contributed by atoms with Gasteiger partial charge in [0.15, 0.2) is 5.78 Å². The molecule has 0 spiro atoms. The van der Waals surface area contributed by atoms with E-state index in [4.69, 9.17) is 9.84 Å². The zero-order valence-corrected chi connectivity index (χ0v) is 15.1. The first-order chi connectivity index (χ1) is 11.1. The van der Waals surface area contributed by atoms with Crippen LogP contribution >= 0.6 is 0 Å². The van der Waals surface area contributed by atoms with Crippen molar-refractivity contribution in [2.45, 2.75) is 71.4 Å². The largest absolute Gasteiger partial charge is 0.478 e. The van der Waals surface area contributed by atoms with Crippen molar-refractivity contribution in [3.05, 3.63) is 12.2 Å². The number of ketones is 1. The molecule has 0 saturated carbocycles. The molecule has 0 aromatic heterocycles. The molecule has 0 unspecified atom stereocenters. The molecular weight excluding hydrogens is 310 g/mol. The second kappa shape index (κ2) is 8.85. The number of carbonyl (C=O) groups excluding carboxylic acids is 2. The fraction of sp³-hybridized carbons (Fsp3) is 0.722. The number of aliphatic carboxylic acids is 1. The first-order valence-corrected chi connectivity index (χ1v) is 8.57. The summed E-state index contributed by atoms with van der Waals surface area (Å²) in [4.78, 5) is 37.2. The van der Waals surface area contributed by atoms with Gasteiger partial charge in [-0.2, -0.15) is 0 Å². The summed E-state index contributed by atoms with van der Waals surface area (Å²) in [7, 11) is 0. The van der Waals surface area contributed by atoms with Crippen LogP contribution < -0.4 is 0 Å². The predicted octanol–water partition coefficient (Wildman–Crippen LogP) is 3.40. The molecule has 1 amide bonds. The highest BCUT2D eigenvalue weighted by Gasteiger charge is 2.34. The van der Waals surface area contributed by atoms with Gasteiger partial charge in [0.2, 0.25) is 0 Å². The van der Waals surface area contributed by atoms with Crippen LogP contribution in [-0.2, 0) is 14.3 Å². The Hall–Kier alpha value is -1.85. The molecule has 1 heterocycles. The third-order valence-electron chi connectivity index (χ3n) is 4.00. The number of hydrogen-bond donors (Lipinski definition) is 1. The number of rotatable bonds is 6. The van der Waals surface area contributed by atoms with Crippen molar-refractivity contribution >= 4 is 17.8 Å². The van der Waals surface area contributed by atoms with Crippen LogP contribution in [0.25, 0.3) is 0 Å². The molecule has 1 fully saturated rings. The molecule has 136 valence electrons. The van der Waals surface area contributed by atoms with Gasteiger partial charge in [-0.15, -0.1) is 0 Å². The highest BCUT2D eigenvalue weighted by Crippen LogP contribution is 2.24. The minimum absolute atomic E-state index is 0.0255. The van der Waals surface area contributed by atoms with Crippen LogP contribution in [0.3, 0.4) is 0 Å². The van der Waals surface area contributed by atoms with Gasteiger partial charge in [0.05, 0.1) is 6.04 Å². The Morgan fingerprint density at radius 2 is 1.96 bits per heavy atom. The first-order valence-electron chi connectivity index (χ1n) is 8.57. The maximum absolute atomic E-state index is 12.7. The lowest BCUT2D eigenvalue weighted by Crippen LogP contribution is -2.50. The predicted molar refractivity (Wildman–Crippen MR) is 90.8 cm³/mol. The average Bonchev–Trinajstić information content (AvgIpc) is 2.49. The lowest BCUT2D eigenvalue weighted by Gasteiger charge is -2.36. The molecule has 0 radical (unpaired) electrons. The SMILES string of the molecule is CC[C@@H](/C=C/C(=O)O)CC(=O)[C@@H]1CCCCN1C(=O)OC(C)(C)C. The van der Waals surface area contributed by atoms with Crippen molar-refractivity contribution in [3.8, 4) is 0 Å². The smallest absolute Gasteiger partial charge is 0.410 e. The summed E-state index contributed by atoms with van der Waals surface area (Å²) in [6.45, 7) is 7.84. The molecule has 6 nitrogen and oxygen atoms in total. The van der Waals surface area contributed by atoms with E-state index in [1.165, 1.54) is 4.90 Å². The zero-order valence-electron chi connectivity index (χ0n) is 15.1. The normalized spacial score (nSPS) is 20.0. The minimum Gasteiger partial charge on any atom is -0.478 e. The zero-order chi connectivity index (χ0) is 18.3. The maximum Gasteiger partial charge on any atom is 0.410 e. The Kier molecular flexibility index (Phi) is 7.45. The molecule has 1 N–H and O–H groups in total. The minimum atomic E-state index is -1.02. The molecule has 24 heavy (non-hydrogen) atoms. The van der Waals surface area contributed by atoms with Crippen LogP contribution in [-0.4, -0.2) is 46.0 Å². The summed E-state index contributed by atoms with van der Waals surface area (Å²) in [5.74, 6) is -1.17. The molecule has 0 aliphatic carbocycles. The number of carboxylic acids is 1. The Morgan fingerprint density at radius 3 is 2.50 bits per heavy atom. The molecule has 2 atom stereocenters. The van der Waals surface area contributed by atoms with E-state index >= 15 is 0 Å². The number of hydrogen-bond acceptors (Lipinski definition) is 4. The highest BCUT2D eigenvalue weighted by atomic mass is 16.6. The molecule has 6 heteroatoms. The molecule has 0 aromatic rings. The molecule has 1 aliphatic rings. The van der Waals surface area contributed by atoms with E-state index in [1.807, 2.05) is 6.92 Å². The molecule has 1 saturated heterocycles. The van der Waals surface area contributed by atoms with Crippen LogP contribution in [0.2, 0.25) is 0 Å². The van der Waals surface area contributed by atoms with Gasteiger partial charge in [0, 0.05) is 19.0 Å². The van der Waals surface area contributed by atoms with Crippen LogP contribution in [0.1, 0.15) is 59.8 Å². The van der Waals surface area contributed by atoms with E-state index in [2.05, 4.69) is 0 Å². The van der Waals surface area contributed by atoms with Crippen molar-refractivity contribution < 1.29 is 24.2 Å². The summed E-state index contributed by atoms with van der Waals surface area (Å²) >= 11 is 0. The lowest BCUT2D eigenvalue weighted by atomic mass is 9.91. The van der Waals surface area contributed by atoms with Gasteiger partial charge in [-0.05, 0) is 52.4 Å². The van der Waals surface area contributed by atoms with Gasteiger partial charge >= 0.3 is 12.1 Å². The van der Waals surface area contributed by atoms with Crippen LogP contribution in [0.5, 0.6) is 0 Å². The molecule has 0 aromatic carbocycles. The summed E-state index contributed by atoms with van der Waals surface area (Å²) in [6, 6.07) is -0.471. The fourth-order valence-corrected chi connectivity index (χ4v) is 2.77. The third kappa shape index (κ3) is 6.72. The number of carbonyl (C=O) groups is 3. The van der Waals surface area contributed by atoms with E-state index in [0.717, 1.165) is 18.9 Å². The third-order valence-corrected chi connectivity index (χ3v) is 4.00. The van der Waals surface area contributed by atoms with E-state index in [-0.39, 0.29) is 18.1 Å². The Labute approximate surface area is 143 Å². The van der Waals surface area contributed by atoms with Gasteiger partial charge in [0.25, 0.3) is 0 Å². The van der Waals surface area contributed by atoms with Crippen LogP contribution in [0.15, 0.2) is 12.2 Å². The van der Waals surface area contributed by atoms with E-state index < -0.39 is 23.7 Å². The second-order valence-corrected chi connectivity index (χ2v) is 7.22. The molecular formula is C18H29NO5. The van der Waals surface area contributed by atoms with Crippen molar-refractivity contribution in [1.29, 1.82) is 0 Å². The van der Waals surface area contributed by atoms with Crippen molar-refractivity contribution in [2.75, 3.05) is 6.54 Å². The number of piperidine rings is 1. The van der Waals surface area contributed by atoms with Gasteiger partial charge in [-0.1, -0.05) is 13.0 Å². The van der Waals surface area contributed by atoms with Gasteiger partial charge in [-0.3, -0.25) is 9.69 Å². The van der Waals surface area contributed by atoms with Crippen LogP contribution in [0.4, 0.5) is 4.79 Å². The van der Waals surface area contributed by atoms with E-state index in [9.17, 15) is 14.4 Å². The number of allylic oxidation sites excluding steroid dienone is 1. The van der Waals surface area contributed by atoms with Crippen molar-refractivity contribution in [1.82, 2.24) is 4.90 Å². The van der Waals surface area contributed by atoms with Crippen LogP contribution in [0, 0.1) is 5.92 Å².